The standard InChI is InChI=1S/C28H24N4O3/c1-34-21-12-29-25(28-23(21)16-6-3-4-8-18(16)30-28)15-10-11-19-27-24(22(35-2)14-32(19)13-15)17-7-5-9-20(33)26(17)31-27/h3-9,12,14-15H,10-11,13H2,1-2H3,(H2,29,30,33)/p+1. The van der Waals surface area contributed by atoms with Crippen LogP contribution in [0.5, 0.6) is 17.2 Å². The molecule has 7 nitrogen and oxygen atoms in total. The van der Waals surface area contributed by atoms with E-state index in [1.807, 2.05) is 24.4 Å². The number of hydrogen-bond donors (Lipinski definition) is 3. The summed E-state index contributed by atoms with van der Waals surface area (Å²) < 4.78 is 13.8. The summed E-state index contributed by atoms with van der Waals surface area (Å²) in [4.78, 5) is 12.0. The van der Waals surface area contributed by atoms with Crippen LogP contribution in [-0.2, 0) is 13.0 Å². The fraction of sp³-hybridized carbons (Fsp3) is 0.214. The number of aromatic amines is 2. The number of nitrogens with zero attached hydrogens (tertiary/aromatic N) is 2. The van der Waals surface area contributed by atoms with E-state index in [0.717, 1.165) is 80.2 Å². The highest BCUT2D eigenvalue weighted by atomic mass is 16.5. The summed E-state index contributed by atoms with van der Waals surface area (Å²) in [6, 6.07) is 13.9. The highest BCUT2D eigenvalue weighted by Gasteiger charge is 2.33. The molecule has 0 saturated carbocycles. The number of ether oxygens (including phenoxy) is 2. The van der Waals surface area contributed by atoms with Crippen molar-refractivity contribution in [3.63, 3.8) is 0 Å². The third-order valence-electron chi connectivity index (χ3n) is 7.47. The van der Waals surface area contributed by atoms with E-state index in [-0.39, 0.29) is 11.7 Å². The third kappa shape index (κ3) is 2.78. The highest BCUT2D eigenvalue weighted by Crippen LogP contribution is 2.41. The first-order chi connectivity index (χ1) is 17.2. The zero-order valence-electron chi connectivity index (χ0n) is 19.6. The monoisotopic (exact) mass is 465 g/mol. The van der Waals surface area contributed by atoms with Gasteiger partial charge in [0, 0.05) is 22.7 Å². The normalized spacial score (nSPS) is 15.8. The Morgan fingerprint density at radius 2 is 1.71 bits per heavy atom. The van der Waals surface area contributed by atoms with Gasteiger partial charge in [-0.1, -0.05) is 30.3 Å². The Balaban J connectivity index is 1.40. The molecule has 174 valence electrons. The van der Waals surface area contributed by atoms with Crippen LogP contribution in [0.2, 0.25) is 0 Å². The molecular weight excluding hydrogens is 440 g/mol. The number of aromatic nitrogens is 4. The van der Waals surface area contributed by atoms with Gasteiger partial charge in [-0.3, -0.25) is 4.98 Å². The number of H-pyrrole nitrogens is 2. The molecule has 7 heteroatoms. The summed E-state index contributed by atoms with van der Waals surface area (Å²) in [6.07, 6.45) is 5.79. The first-order valence-corrected chi connectivity index (χ1v) is 11.8. The molecule has 0 spiro atoms. The van der Waals surface area contributed by atoms with Crippen LogP contribution < -0.4 is 14.0 Å². The lowest BCUT2D eigenvalue weighted by atomic mass is 9.91. The SMILES string of the molecule is COc1cnc(C2CCc3c4[nH]c5c(O)cccc5c4c(OC)c[n+]3C2)c2[nH]c3ccccc3c12. The Hall–Kier alpha value is -4.26. The van der Waals surface area contributed by atoms with Crippen LogP contribution in [0.15, 0.2) is 54.9 Å². The number of methoxy groups -OCH3 is 2. The minimum atomic E-state index is 0.230. The van der Waals surface area contributed by atoms with E-state index in [1.165, 1.54) is 5.69 Å². The molecule has 5 heterocycles. The minimum Gasteiger partial charge on any atom is -0.506 e. The lowest BCUT2D eigenvalue weighted by molar-refractivity contribution is -0.710. The van der Waals surface area contributed by atoms with E-state index in [4.69, 9.17) is 14.5 Å². The maximum Gasteiger partial charge on any atom is 0.212 e. The largest absolute Gasteiger partial charge is 0.506 e. The molecule has 4 aromatic heterocycles. The number of aryl methyl sites for hydroxylation is 1. The number of benzene rings is 2. The van der Waals surface area contributed by atoms with Crippen LogP contribution in [-0.4, -0.2) is 34.3 Å². The number of phenolic OH excluding ortho intramolecular Hbond substituents is 1. The van der Waals surface area contributed by atoms with Gasteiger partial charge in [0.2, 0.25) is 11.9 Å². The summed E-state index contributed by atoms with van der Waals surface area (Å²) >= 11 is 0. The second-order valence-corrected chi connectivity index (χ2v) is 9.24. The molecule has 0 aliphatic carbocycles. The van der Waals surface area contributed by atoms with E-state index >= 15 is 0 Å². The number of aromatic hydroxyl groups is 1. The summed E-state index contributed by atoms with van der Waals surface area (Å²) in [6.45, 7) is 0.784. The molecule has 1 aliphatic heterocycles. The molecule has 0 amide bonds. The van der Waals surface area contributed by atoms with Crippen molar-refractivity contribution in [1.29, 1.82) is 0 Å². The predicted octanol–water partition coefficient (Wildman–Crippen LogP) is 5.09. The van der Waals surface area contributed by atoms with Crippen molar-refractivity contribution in [1.82, 2.24) is 15.0 Å². The minimum absolute atomic E-state index is 0.230. The van der Waals surface area contributed by atoms with Crippen LogP contribution in [0.3, 0.4) is 0 Å². The van der Waals surface area contributed by atoms with Crippen LogP contribution in [0, 0.1) is 0 Å². The second kappa shape index (κ2) is 7.37. The van der Waals surface area contributed by atoms with E-state index in [2.05, 4.69) is 38.9 Å². The van der Waals surface area contributed by atoms with Crippen LogP contribution in [0.25, 0.3) is 43.6 Å². The molecule has 3 N–H and O–H groups in total. The van der Waals surface area contributed by atoms with Crippen molar-refractivity contribution < 1.29 is 19.1 Å². The van der Waals surface area contributed by atoms with Crippen molar-refractivity contribution in [3.05, 3.63) is 66.2 Å². The van der Waals surface area contributed by atoms with Crippen molar-refractivity contribution in [2.75, 3.05) is 14.2 Å². The number of hydrogen-bond acceptors (Lipinski definition) is 4. The molecule has 35 heavy (non-hydrogen) atoms. The van der Waals surface area contributed by atoms with E-state index in [9.17, 15) is 5.11 Å². The van der Waals surface area contributed by atoms with Crippen molar-refractivity contribution in [3.8, 4) is 17.2 Å². The first kappa shape index (κ1) is 20.1. The number of phenols is 1. The van der Waals surface area contributed by atoms with E-state index in [0.29, 0.717) is 0 Å². The van der Waals surface area contributed by atoms with Crippen LogP contribution in [0.1, 0.15) is 23.7 Å². The van der Waals surface area contributed by atoms with Gasteiger partial charge in [0.1, 0.15) is 17.0 Å². The fourth-order valence-electron chi connectivity index (χ4n) is 5.86. The van der Waals surface area contributed by atoms with Crippen molar-refractivity contribution in [2.24, 2.45) is 0 Å². The first-order valence-electron chi connectivity index (χ1n) is 11.8. The average Bonchev–Trinajstić information content (AvgIpc) is 3.48. The van der Waals surface area contributed by atoms with Gasteiger partial charge in [-0.2, -0.15) is 4.57 Å². The third-order valence-corrected chi connectivity index (χ3v) is 7.47. The number of rotatable bonds is 3. The maximum absolute atomic E-state index is 10.4. The van der Waals surface area contributed by atoms with Gasteiger partial charge in [0.15, 0.2) is 12.3 Å². The Morgan fingerprint density at radius 1 is 0.914 bits per heavy atom. The number of nitrogens with one attached hydrogen (secondary N) is 2. The number of para-hydroxylation sites is 2. The predicted molar refractivity (Wildman–Crippen MR) is 135 cm³/mol. The van der Waals surface area contributed by atoms with Gasteiger partial charge in [-0.05, 0) is 18.6 Å². The molecule has 7 rings (SSSR count). The molecule has 0 radical (unpaired) electrons. The van der Waals surface area contributed by atoms with Gasteiger partial charge >= 0.3 is 0 Å². The highest BCUT2D eigenvalue weighted by molar-refractivity contribution is 6.12. The van der Waals surface area contributed by atoms with Gasteiger partial charge in [-0.15, -0.1) is 0 Å². The zero-order valence-corrected chi connectivity index (χ0v) is 19.6. The van der Waals surface area contributed by atoms with Crippen molar-refractivity contribution in [2.45, 2.75) is 25.3 Å². The Labute approximate surface area is 200 Å². The second-order valence-electron chi connectivity index (χ2n) is 9.24. The molecule has 1 aliphatic rings. The molecule has 0 saturated heterocycles. The molecular formula is C28H25N4O3+. The quantitative estimate of drug-likeness (QED) is 0.318. The van der Waals surface area contributed by atoms with Crippen LogP contribution >= 0.6 is 0 Å². The molecule has 0 bridgehead atoms. The van der Waals surface area contributed by atoms with Gasteiger partial charge in [0.05, 0.1) is 53.8 Å². The molecule has 1 atom stereocenters. The molecule has 1 unspecified atom stereocenters. The number of pyridine rings is 2. The molecule has 0 fully saturated rings. The van der Waals surface area contributed by atoms with Gasteiger partial charge in [-0.25, -0.2) is 0 Å². The van der Waals surface area contributed by atoms with Gasteiger partial charge in [0.25, 0.3) is 0 Å². The topological polar surface area (TPSA) is 87.0 Å². The molecule has 6 aromatic rings. The van der Waals surface area contributed by atoms with Crippen LogP contribution in [0.4, 0.5) is 0 Å². The summed E-state index contributed by atoms with van der Waals surface area (Å²) in [5.41, 5.74) is 6.17. The zero-order chi connectivity index (χ0) is 23.7. The summed E-state index contributed by atoms with van der Waals surface area (Å²) in [5, 5.41) is 14.7. The summed E-state index contributed by atoms with van der Waals surface area (Å²) in [7, 11) is 3.39. The number of fused-ring (bicyclic) bond motifs is 8. The fourth-order valence-corrected chi connectivity index (χ4v) is 5.86. The average molecular weight is 466 g/mol. The van der Waals surface area contributed by atoms with Gasteiger partial charge < -0.3 is 24.5 Å². The lowest BCUT2D eigenvalue weighted by Crippen LogP contribution is -2.45. The molecule has 2 aromatic carbocycles. The van der Waals surface area contributed by atoms with Crippen molar-refractivity contribution >= 4 is 43.6 Å². The van der Waals surface area contributed by atoms with E-state index < -0.39 is 0 Å². The smallest absolute Gasteiger partial charge is 0.212 e. The Morgan fingerprint density at radius 3 is 2.57 bits per heavy atom. The van der Waals surface area contributed by atoms with E-state index in [1.54, 1.807) is 20.3 Å². The summed E-state index contributed by atoms with van der Waals surface area (Å²) in [5.74, 6) is 2.05. The lowest BCUT2D eigenvalue weighted by Gasteiger charge is -2.21. The Bertz CT molecular complexity index is 1780. The maximum atomic E-state index is 10.4. The Kier molecular flexibility index (Phi) is 4.24.